The fourth-order valence-electron chi connectivity index (χ4n) is 2.85. The highest BCUT2D eigenvalue weighted by molar-refractivity contribution is 6.30. The summed E-state index contributed by atoms with van der Waals surface area (Å²) in [7, 11) is 0. The molecule has 1 unspecified atom stereocenters. The van der Waals surface area contributed by atoms with Crippen molar-refractivity contribution < 1.29 is 9.53 Å². The van der Waals surface area contributed by atoms with Gasteiger partial charge < -0.3 is 9.64 Å². The van der Waals surface area contributed by atoms with E-state index in [4.69, 9.17) is 16.3 Å². The lowest BCUT2D eigenvalue weighted by Crippen LogP contribution is -2.31. The lowest BCUT2D eigenvalue weighted by molar-refractivity contribution is 0.0921. The molecule has 0 aliphatic carbocycles. The molecule has 1 saturated heterocycles. The van der Waals surface area contributed by atoms with Gasteiger partial charge in [0.05, 0.1) is 6.04 Å². The zero-order valence-electron chi connectivity index (χ0n) is 12.2. The van der Waals surface area contributed by atoms with Gasteiger partial charge in [-0.15, -0.1) is 0 Å². The second kappa shape index (κ2) is 6.84. The first-order valence-corrected chi connectivity index (χ1v) is 7.84. The third-order valence-electron chi connectivity index (χ3n) is 3.93. The van der Waals surface area contributed by atoms with Crippen LogP contribution in [0.25, 0.3) is 0 Å². The van der Waals surface area contributed by atoms with Crippen molar-refractivity contribution in [3.63, 3.8) is 0 Å². The van der Waals surface area contributed by atoms with Crippen LogP contribution in [0.2, 0.25) is 5.02 Å². The number of carbonyl (C=O) groups is 1. The average molecular weight is 316 g/mol. The maximum atomic E-state index is 12.4. The van der Waals surface area contributed by atoms with E-state index in [0.717, 1.165) is 30.5 Å². The maximum absolute atomic E-state index is 12.4. The Kier molecular flexibility index (Phi) is 4.64. The molecule has 1 atom stereocenters. The van der Waals surface area contributed by atoms with E-state index in [1.54, 1.807) is 4.90 Å². The molecular formula is C18H18ClNO2. The molecule has 3 rings (SSSR count). The van der Waals surface area contributed by atoms with Crippen LogP contribution in [-0.4, -0.2) is 17.5 Å². The Morgan fingerprint density at radius 3 is 2.77 bits per heavy atom. The van der Waals surface area contributed by atoms with Gasteiger partial charge in [-0.3, -0.25) is 0 Å². The number of carbonyl (C=O) groups excluding carboxylic acids is 1. The van der Waals surface area contributed by atoms with Crippen molar-refractivity contribution in [1.82, 2.24) is 4.90 Å². The Bertz CT molecular complexity index is 645. The van der Waals surface area contributed by atoms with Gasteiger partial charge in [0.15, 0.2) is 0 Å². The molecule has 1 aliphatic rings. The summed E-state index contributed by atoms with van der Waals surface area (Å²) in [6.07, 6.45) is 1.67. The molecule has 2 aromatic rings. The largest absolute Gasteiger partial charge is 0.445 e. The van der Waals surface area contributed by atoms with E-state index in [2.05, 4.69) is 0 Å². The van der Waals surface area contributed by atoms with Crippen LogP contribution in [0, 0.1) is 0 Å². The Morgan fingerprint density at radius 1 is 1.18 bits per heavy atom. The normalized spacial score (nSPS) is 17.5. The van der Waals surface area contributed by atoms with Crippen LogP contribution < -0.4 is 0 Å². The number of ether oxygens (including phenoxy) is 1. The summed E-state index contributed by atoms with van der Waals surface area (Å²) in [5, 5.41) is 0.696. The number of rotatable bonds is 3. The second-order valence-corrected chi connectivity index (χ2v) is 5.88. The third kappa shape index (κ3) is 3.42. The van der Waals surface area contributed by atoms with Gasteiger partial charge in [0.1, 0.15) is 6.61 Å². The van der Waals surface area contributed by atoms with Crippen molar-refractivity contribution in [1.29, 1.82) is 0 Å². The summed E-state index contributed by atoms with van der Waals surface area (Å²) in [5.41, 5.74) is 2.07. The molecule has 1 heterocycles. The van der Waals surface area contributed by atoms with Crippen LogP contribution >= 0.6 is 11.6 Å². The van der Waals surface area contributed by atoms with E-state index in [-0.39, 0.29) is 12.1 Å². The highest BCUT2D eigenvalue weighted by Gasteiger charge is 2.31. The molecule has 0 N–H and O–H groups in total. The van der Waals surface area contributed by atoms with E-state index < -0.39 is 0 Å². The van der Waals surface area contributed by atoms with Crippen molar-refractivity contribution in [2.75, 3.05) is 6.54 Å². The molecule has 1 aliphatic heterocycles. The molecule has 4 heteroatoms. The van der Waals surface area contributed by atoms with E-state index in [1.807, 2.05) is 54.6 Å². The molecule has 114 valence electrons. The minimum absolute atomic E-state index is 0.0574. The smallest absolute Gasteiger partial charge is 0.410 e. The number of nitrogens with zero attached hydrogens (tertiary/aromatic N) is 1. The molecule has 3 nitrogen and oxygen atoms in total. The van der Waals surface area contributed by atoms with Crippen molar-refractivity contribution in [2.24, 2.45) is 0 Å². The van der Waals surface area contributed by atoms with Gasteiger partial charge in [-0.25, -0.2) is 4.79 Å². The van der Waals surface area contributed by atoms with Gasteiger partial charge in [-0.1, -0.05) is 54.1 Å². The highest BCUT2D eigenvalue weighted by Crippen LogP contribution is 2.33. The fourth-order valence-corrected chi connectivity index (χ4v) is 3.05. The Morgan fingerprint density at radius 2 is 2.00 bits per heavy atom. The molecule has 0 saturated carbocycles. The predicted octanol–water partition coefficient (Wildman–Crippen LogP) is 4.81. The van der Waals surface area contributed by atoms with Crippen LogP contribution in [0.5, 0.6) is 0 Å². The van der Waals surface area contributed by atoms with Crippen LogP contribution in [0.3, 0.4) is 0 Å². The van der Waals surface area contributed by atoms with E-state index >= 15 is 0 Å². The third-order valence-corrected chi connectivity index (χ3v) is 4.16. The van der Waals surface area contributed by atoms with Gasteiger partial charge in [0.2, 0.25) is 0 Å². The van der Waals surface area contributed by atoms with Crippen molar-refractivity contribution in [3.05, 3.63) is 70.7 Å². The average Bonchev–Trinajstić information content (AvgIpc) is 3.03. The lowest BCUT2D eigenvalue weighted by atomic mass is 10.1. The number of hydrogen-bond donors (Lipinski definition) is 0. The van der Waals surface area contributed by atoms with E-state index in [9.17, 15) is 4.79 Å². The minimum atomic E-state index is -0.258. The number of halogens is 1. The minimum Gasteiger partial charge on any atom is -0.445 e. The molecule has 22 heavy (non-hydrogen) atoms. The molecular weight excluding hydrogens is 298 g/mol. The summed E-state index contributed by atoms with van der Waals surface area (Å²) >= 11 is 6.06. The topological polar surface area (TPSA) is 29.5 Å². The Balaban J connectivity index is 1.66. The van der Waals surface area contributed by atoms with Crippen molar-refractivity contribution >= 4 is 17.7 Å². The summed E-state index contributed by atoms with van der Waals surface area (Å²) in [6.45, 7) is 1.03. The van der Waals surface area contributed by atoms with Crippen LogP contribution in [-0.2, 0) is 11.3 Å². The second-order valence-electron chi connectivity index (χ2n) is 5.45. The maximum Gasteiger partial charge on any atom is 0.410 e. The standard InChI is InChI=1S/C18H18ClNO2/c19-16-9-4-8-15(12-16)17-10-5-11-20(17)18(21)22-13-14-6-2-1-3-7-14/h1-4,6-9,12,17H,5,10-11,13H2. The van der Waals surface area contributed by atoms with E-state index in [1.165, 1.54) is 0 Å². The molecule has 2 aromatic carbocycles. The van der Waals surface area contributed by atoms with Gasteiger partial charge in [-0.05, 0) is 36.1 Å². The number of likely N-dealkylation sites (tertiary alicyclic amines) is 1. The molecule has 0 bridgehead atoms. The zero-order chi connectivity index (χ0) is 15.4. The van der Waals surface area contributed by atoms with Crippen LogP contribution in [0.15, 0.2) is 54.6 Å². The Labute approximate surface area is 135 Å². The summed E-state index contributed by atoms with van der Waals surface area (Å²) < 4.78 is 5.45. The molecule has 0 spiro atoms. The summed E-state index contributed by atoms with van der Waals surface area (Å²) in [5.74, 6) is 0. The van der Waals surface area contributed by atoms with Gasteiger partial charge in [0, 0.05) is 11.6 Å². The molecule has 0 aromatic heterocycles. The number of amides is 1. The lowest BCUT2D eigenvalue weighted by Gasteiger charge is -2.24. The van der Waals surface area contributed by atoms with Crippen molar-refractivity contribution in [2.45, 2.75) is 25.5 Å². The first kappa shape index (κ1) is 14.9. The van der Waals surface area contributed by atoms with Crippen LogP contribution in [0.4, 0.5) is 4.79 Å². The van der Waals surface area contributed by atoms with Gasteiger partial charge >= 0.3 is 6.09 Å². The quantitative estimate of drug-likeness (QED) is 0.813. The highest BCUT2D eigenvalue weighted by atomic mass is 35.5. The SMILES string of the molecule is O=C(OCc1ccccc1)N1CCCC1c1cccc(Cl)c1. The monoisotopic (exact) mass is 315 g/mol. The Hall–Kier alpha value is -2.00. The summed E-state index contributed by atoms with van der Waals surface area (Å²) in [6, 6.07) is 17.5. The molecule has 0 radical (unpaired) electrons. The fraction of sp³-hybridized carbons (Fsp3) is 0.278. The van der Waals surface area contributed by atoms with Gasteiger partial charge in [0.25, 0.3) is 0 Å². The predicted molar refractivity (Wildman–Crippen MR) is 86.8 cm³/mol. The zero-order valence-corrected chi connectivity index (χ0v) is 13.0. The van der Waals surface area contributed by atoms with Crippen molar-refractivity contribution in [3.8, 4) is 0 Å². The van der Waals surface area contributed by atoms with Crippen LogP contribution in [0.1, 0.15) is 30.0 Å². The molecule has 1 fully saturated rings. The van der Waals surface area contributed by atoms with Gasteiger partial charge in [-0.2, -0.15) is 0 Å². The summed E-state index contributed by atoms with van der Waals surface area (Å²) in [4.78, 5) is 14.2. The first-order chi connectivity index (χ1) is 10.7. The first-order valence-electron chi connectivity index (χ1n) is 7.47. The van der Waals surface area contributed by atoms with E-state index in [0.29, 0.717) is 11.6 Å². The molecule has 1 amide bonds. The number of benzene rings is 2. The number of hydrogen-bond acceptors (Lipinski definition) is 2.